The lowest BCUT2D eigenvalue weighted by Gasteiger charge is -2.25. The van der Waals surface area contributed by atoms with E-state index < -0.39 is 9.84 Å². The van der Waals surface area contributed by atoms with Crippen molar-refractivity contribution in [1.82, 2.24) is 5.01 Å². The van der Waals surface area contributed by atoms with E-state index in [-0.39, 0.29) is 29.3 Å². The molecule has 1 atom stereocenters. The van der Waals surface area contributed by atoms with Crippen molar-refractivity contribution in [3.05, 3.63) is 59.2 Å². The highest BCUT2D eigenvalue weighted by Crippen LogP contribution is 2.31. The van der Waals surface area contributed by atoms with E-state index in [1.807, 2.05) is 12.1 Å². The Morgan fingerprint density at radius 1 is 1.17 bits per heavy atom. The fraction of sp³-hybridized carbons (Fsp3) is 0.400. The zero-order chi connectivity index (χ0) is 24.8. The first-order valence-electron chi connectivity index (χ1n) is 11.6. The molecular formula is C25H29N3O6S. The summed E-state index contributed by atoms with van der Waals surface area (Å²) < 4.78 is 33.8. The van der Waals surface area contributed by atoms with Gasteiger partial charge < -0.3 is 14.8 Å². The monoisotopic (exact) mass is 499 g/mol. The summed E-state index contributed by atoms with van der Waals surface area (Å²) in [4.78, 5) is 24.5. The van der Waals surface area contributed by atoms with Crippen molar-refractivity contribution in [2.75, 3.05) is 43.1 Å². The van der Waals surface area contributed by atoms with Gasteiger partial charge in [-0.1, -0.05) is 12.1 Å². The highest BCUT2D eigenvalue weighted by atomic mass is 32.2. The molecule has 0 spiro atoms. The van der Waals surface area contributed by atoms with Crippen LogP contribution in [-0.2, 0) is 25.8 Å². The van der Waals surface area contributed by atoms with E-state index in [2.05, 4.69) is 10.4 Å². The summed E-state index contributed by atoms with van der Waals surface area (Å²) >= 11 is 0. The SMILES string of the molecule is CCOC(=O)CC1COc2ccc(NC(=O)c3ccc(C=NN4CCS(=O)(=O)CC4)cc3)cc2C1. The maximum absolute atomic E-state index is 12.7. The molecule has 4 rings (SSSR count). The largest absolute Gasteiger partial charge is 0.493 e. The molecule has 2 heterocycles. The molecule has 1 amide bonds. The van der Waals surface area contributed by atoms with E-state index in [0.29, 0.717) is 50.4 Å². The number of sulfone groups is 1. The van der Waals surface area contributed by atoms with Gasteiger partial charge in [0.1, 0.15) is 5.75 Å². The van der Waals surface area contributed by atoms with Crippen LogP contribution in [0.15, 0.2) is 47.6 Å². The van der Waals surface area contributed by atoms with E-state index in [1.165, 1.54) is 0 Å². The van der Waals surface area contributed by atoms with E-state index in [9.17, 15) is 18.0 Å². The summed E-state index contributed by atoms with van der Waals surface area (Å²) in [7, 11) is -2.94. The molecule has 2 aromatic rings. The number of nitrogens with zero attached hydrogens (tertiary/aromatic N) is 2. The number of hydrogen-bond acceptors (Lipinski definition) is 8. The second kappa shape index (κ2) is 10.9. The number of carbonyl (C=O) groups excluding carboxylic acids is 2. The number of amides is 1. The van der Waals surface area contributed by atoms with E-state index in [0.717, 1.165) is 16.9 Å². The van der Waals surface area contributed by atoms with Crippen molar-refractivity contribution < 1.29 is 27.5 Å². The van der Waals surface area contributed by atoms with Gasteiger partial charge in [-0.05, 0) is 54.8 Å². The zero-order valence-electron chi connectivity index (χ0n) is 19.6. The van der Waals surface area contributed by atoms with E-state index in [1.54, 1.807) is 48.5 Å². The lowest BCUT2D eigenvalue weighted by molar-refractivity contribution is -0.144. The Labute approximate surface area is 205 Å². The molecule has 0 aromatic heterocycles. The van der Waals surface area contributed by atoms with Crippen LogP contribution in [-0.4, -0.2) is 69.3 Å². The topological polar surface area (TPSA) is 114 Å². The number of hydrogen-bond donors (Lipinski definition) is 1. The zero-order valence-corrected chi connectivity index (χ0v) is 20.4. The van der Waals surface area contributed by atoms with E-state index in [4.69, 9.17) is 9.47 Å². The van der Waals surface area contributed by atoms with Gasteiger partial charge in [0.2, 0.25) is 0 Å². The molecule has 2 aliphatic rings. The summed E-state index contributed by atoms with van der Waals surface area (Å²) in [5.74, 6) is 0.559. The fourth-order valence-electron chi connectivity index (χ4n) is 4.01. The normalized spacial score (nSPS) is 19.0. The number of hydrazone groups is 1. The molecule has 1 N–H and O–H groups in total. The van der Waals surface area contributed by atoms with Gasteiger partial charge in [0, 0.05) is 17.2 Å². The van der Waals surface area contributed by atoms with Crippen molar-refractivity contribution in [2.45, 2.75) is 19.8 Å². The second-order valence-electron chi connectivity index (χ2n) is 8.64. The van der Waals surface area contributed by atoms with Gasteiger partial charge >= 0.3 is 5.97 Å². The predicted octanol–water partition coefficient (Wildman–Crippen LogP) is 2.51. The summed E-state index contributed by atoms with van der Waals surface area (Å²) in [6, 6.07) is 12.5. The summed E-state index contributed by atoms with van der Waals surface area (Å²) in [5.41, 5.74) is 2.91. The Morgan fingerprint density at radius 2 is 1.91 bits per heavy atom. The molecule has 0 saturated carbocycles. The average Bonchev–Trinajstić information content (AvgIpc) is 2.83. The third-order valence-corrected chi connectivity index (χ3v) is 7.54. The second-order valence-corrected chi connectivity index (χ2v) is 10.9. The first-order valence-corrected chi connectivity index (χ1v) is 13.5. The number of carbonyl (C=O) groups is 2. The first-order chi connectivity index (χ1) is 16.8. The smallest absolute Gasteiger partial charge is 0.306 e. The maximum atomic E-state index is 12.7. The van der Waals surface area contributed by atoms with Gasteiger partial charge in [-0.15, -0.1) is 0 Å². The van der Waals surface area contributed by atoms with Crippen LogP contribution in [0.3, 0.4) is 0 Å². The third kappa shape index (κ3) is 6.82. The first kappa shape index (κ1) is 24.7. The number of rotatable bonds is 7. The lowest BCUT2D eigenvalue weighted by atomic mass is 9.93. The lowest BCUT2D eigenvalue weighted by Crippen LogP contribution is -2.37. The molecule has 1 fully saturated rings. The van der Waals surface area contributed by atoms with E-state index >= 15 is 0 Å². The molecule has 1 unspecified atom stereocenters. The fourth-order valence-corrected chi connectivity index (χ4v) is 5.19. The van der Waals surface area contributed by atoms with Crippen LogP contribution in [0.5, 0.6) is 5.75 Å². The number of benzene rings is 2. The predicted molar refractivity (Wildman–Crippen MR) is 133 cm³/mol. The minimum Gasteiger partial charge on any atom is -0.493 e. The molecular weight excluding hydrogens is 470 g/mol. The van der Waals surface area contributed by atoms with Crippen LogP contribution in [0.25, 0.3) is 0 Å². The van der Waals surface area contributed by atoms with Crippen molar-refractivity contribution in [2.24, 2.45) is 11.0 Å². The van der Waals surface area contributed by atoms with Crippen LogP contribution >= 0.6 is 0 Å². The van der Waals surface area contributed by atoms with Crippen molar-refractivity contribution in [3.8, 4) is 5.75 Å². The van der Waals surface area contributed by atoms with Crippen LogP contribution in [0.2, 0.25) is 0 Å². The Kier molecular flexibility index (Phi) is 7.70. The molecule has 2 aromatic carbocycles. The molecule has 186 valence electrons. The average molecular weight is 500 g/mol. The van der Waals surface area contributed by atoms with Crippen LogP contribution in [0, 0.1) is 5.92 Å². The molecule has 35 heavy (non-hydrogen) atoms. The number of fused-ring (bicyclic) bond motifs is 1. The van der Waals surface area contributed by atoms with Gasteiger partial charge in [0.15, 0.2) is 9.84 Å². The number of ether oxygens (including phenoxy) is 2. The molecule has 9 nitrogen and oxygen atoms in total. The quantitative estimate of drug-likeness (QED) is 0.460. The highest BCUT2D eigenvalue weighted by Gasteiger charge is 2.23. The minimum atomic E-state index is -2.94. The summed E-state index contributed by atoms with van der Waals surface area (Å²) in [6.07, 6.45) is 2.64. The van der Waals surface area contributed by atoms with Gasteiger partial charge in [0.25, 0.3) is 5.91 Å². The van der Waals surface area contributed by atoms with Crippen LogP contribution in [0.1, 0.15) is 34.8 Å². The molecule has 1 saturated heterocycles. The number of anilines is 1. The summed E-state index contributed by atoms with van der Waals surface area (Å²) in [6.45, 7) is 3.37. The third-order valence-electron chi connectivity index (χ3n) is 5.93. The van der Waals surface area contributed by atoms with Gasteiger partial charge in [-0.25, -0.2) is 8.42 Å². The van der Waals surface area contributed by atoms with Crippen LogP contribution in [0.4, 0.5) is 5.69 Å². The number of esters is 1. The van der Waals surface area contributed by atoms with Gasteiger partial charge in [0.05, 0.1) is 50.4 Å². The minimum absolute atomic E-state index is 0.0380. The highest BCUT2D eigenvalue weighted by molar-refractivity contribution is 7.91. The van der Waals surface area contributed by atoms with Gasteiger partial charge in [-0.2, -0.15) is 5.10 Å². The molecule has 10 heteroatoms. The Morgan fingerprint density at radius 3 is 2.63 bits per heavy atom. The molecule has 0 bridgehead atoms. The standard InChI is InChI=1S/C25H29N3O6S/c1-2-33-24(29)14-19-13-21-15-22(7-8-23(21)34-17-19)27-25(30)20-5-3-18(4-6-20)16-26-28-9-11-35(31,32)12-10-28/h3-8,15-16,19H,2,9-14,17H2,1H3,(H,27,30). The van der Waals surface area contributed by atoms with Crippen molar-refractivity contribution in [3.63, 3.8) is 0 Å². The maximum Gasteiger partial charge on any atom is 0.306 e. The van der Waals surface area contributed by atoms with Crippen molar-refractivity contribution >= 4 is 33.6 Å². The summed E-state index contributed by atoms with van der Waals surface area (Å²) in [5, 5.41) is 8.98. The Hall–Kier alpha value is -3.40. The molecule has 0 aliphatic carbocycles. The van der Waals surface area contributed by atoms with Crippen molar-refractivity contribution in [1.29, 1.82) is 0 Å². The van der Waals surface area contributed by atoms with Gasteiger partial charge in [-0.3, -0.25) is 14.6 Å². The Bertz CT molecular complexity index is 1200. The molecule has 0 radical (unpaired) electrons. The molecule has 2 aliphatic heterocycles. The Balaban J connectivity index is 1.33. The number of nitrogens with one attached hydrogen (secondary N) is 1. The van der Waals surface area contributed by atoms with Crippen LogP contribution < -0.4 is 10.1 Å².